The smallest absolute Gasteiger partial charge is 0.203 e. The molecule has 0 amide bonds. The van der Waals surface area contributed by atoms with Gasteiger partial charge in [0, 0.05) is 12.5 Å². The number of fused-ring (bicyclic) bond motifs is 1. The van der Waals surface area contributed by atoms with Crippen molar-refractivity contribution in [1.29, 1.82) is 0 Å². The fraction of sp³-hybridized carbons (Fsp3) is 0.667. The van der Waals surface area contributed by atoms with Gasteiger partial charge in [0.05, 0.1) is 17.5 Å². The zero-order valence-electron chi connectivity index (χ0n) is 14.4. The van der Waals surface area contributed by atoms with E-state index < -0.39 is 0 Å². The van der Waals surface area contributed by atoms with Gasteiger partial charge in [-0.3, -0.25) is 4.57 Å². The molecule has 0 aromatic carbocycles. The molecule has 3 heterocycles. The number of quaternary nitrogens is 1. The maximum Gasteiger partial charge on any atom is 0.203 e. The van der Waals surface area contributed by atoms with Gasteiger partial charge in [0.2, 0.25) is 4.77 Å². The molecule has 130 valence electrons. The lowest BCUT2D eigenvalue weighted by molar-refractivity contribution is -0.958. The largest absolute Gasteiger partial charge is 0.314 e. The summed E-state index contributed by atoms with van der Waals surface area (Å²) in [6.45, 7) is 5.25. The van der Waals surface area contributed by atoms with E-state index in [0.717, 1.165) is 35.8 Å². The Labute approximate surface area is 153 Å². The molecule has 4 nitrogen and oxygen atoms in total. The molecule has 3 atom stereocenters. The van der Waals surface area contributed by atoms with Crippen LogP contribution in [0.5, 0.6) is 0 Å². The summed E-state index contributed by atoms with van der Waals surface area (Å²) >= 11 is 7.50. The van der Waals surface area contributed by atoms with Crippen LogP contribution in [0.2, 0.25) is 0 Å². The fourth-order valence-electron chi connectivity index (χ4n) is 4.67. The summed E-state index contributed by atoms with van der Waals surface area (Å²) in [6, 6.07) is 5.06. The Kier molecular flexibility index (Phi) is 4.88. The highest BCUT2D eigenvalue weighted by Gasteiger charge is 2.36. The number of aromatic nitrogens is 3. The Morgan fingerprint density at radius 1 is 1.29 bits per heavy atom. The molecule has 0 radical (unpaired) electrons. The van der Waals surface area contributed by atoms with E-state index in [1.165, 1.54) is 49.9 Å². The predicted octanol–water partition coefficient (Wildman–Crippen LogP) is 3.36. The van der Waals surface area contributed by atoms with Crippen LogP contribution < -0.4 is 4.90 Å². The van der Waals surface area contributed by atoms with Crippen LogP contribution >= 0.6 is 23.6 Å². The van der Waals surface area contributed by atoms with E-state index in [1.54, 1.807) is 16.2 Å². The molecule has 1 unspecified atom stereocenters. The third kappa shape index (κ3) is 3.00. The van der Waals surface area contributed by atoms with Crippen molar-refractivity contribution in [3.8, 4) is 10.7 Å². The van der Waals surface area contributed by atoms with Crippen LogP contribution in [0.4, 0.5) is 0 Å². The minimum atomic E-state index is 0.825. The van der Waals surface area contributed by atoms with Gasteiger partial charge in [-0.2, -0.15) is 4.68 Å². The number of rotatable bonds is 4. The van der Waals surface area contributed by atoms with Gasteiger partial charge in [-0.1, -0.05) is 12.5 Å². The molecule has 4 rings (SSSR count). The van der Waals surface area contributed by atoms with E-state index >= 15 is 0 Å². The molecule has 0 spiro atoms. The highest BCUT2D eigenvalue weighted by molar-refractivity contribution is 7.71. The maximum atomic E-state index is 5.76. The second-order valence-corrected chi connectivity index (χ2v) is 8.50. The van der Waals surface area contributed by atoms with Crippen LogP contribution in [0, 0.1) is 10.7 Å². The second kappa shape index (κ2) is 7.10. The number of thiophene rings is 1. The van der Waals surface area contributed by atoms with Crippen molar-refractivity contribution in [2.45, 2.75) is 64.7 Å². The van der Waals surface area contributed by atoms with Gasteiger partial charge in [0.25, 0.3) is 0 Å². The second-order valence-electron chi connectivity index (χ2n) is 7.19. The first-order chi connectivity index (χ1) is 11.8. The molecular formula is C18H27N4S2+. The summed E-state index contributed by atoms with van der Waals surface area (Å²) in [4.78, 5) is 2.92. The summed E-state index contributed by atoms with van der Waals surface area (Å²) in [5.41, 5.74) is 0. The highest BCUT2D eigenvalue weighted by atomic mass is 32.1. The van der Waals surface area contributed by atoms with Crippen LogP contribution in [0.25, 0.3) is 10.7 Å². The van der Waals surface area contributed by atoms with Crippen molar-refractivity contribution in [1.82, 2.24) is 14.3 Å². The molecular weight excluding hydrogens is 336 g/mol. The van der Waals surface area contributed by atoms with Crippen LogP contribution in [0.1, 0.15) is 45.4 Å². The predicted molar refractivity (Wildman–Crippen MR) is 101 cm³/mol. The zero-order chi connectivity index (χ0) is 16.5. The number of nitrogens with zero attached hydrogens (tertiary/aromatic N) is 3. The van der Waals surface area contributed by atoms with Gasteiger partial charge in [-0.05, 0) is 62.7 Å². The van der Waals surface area contributed by atoms with E-state index in [1.807, 2.05) is 0 Å². The lowest BCUT2D eigenvalue weighted by atomic mass is 9.78. The van der Waals surface area contributed by atoms with Crippen molar-refractivity contribution in [2.75, 3.05) is 6.54 Å². The molecule has 24 heavy (non-hydrogen) atoms. The quantitative estimate of drug-likeness (QED) is 0.844. The molecule has 1 aliphatic carbocycles. The van der Waals surface area contributed by atoms with Crippen molar-refractivity contribution in [2.24, 2.45) is 5.92 Å². The van der Waals surface area contributed by atoms with E-state index in [0.29, 0.717) is 0 Å². The molecule has 1 saturated heterocycles. The summed E-state index contributed by atoms with van der Waals surface area (Å²) < 4.78 is 5.16. The van der Waals surface area contributed by atoms with Gasteiger partial charge in [0.1, 0.15) is 0 Å². The number of likely N-dealkylation sites (tertiary alicyclic amines) is 1. The van der Waals surface area contributed by atoms with Crippen LogP contribution in [0.3, 0.4) is 0 Å². The molecule has 2 aromatic heterocycles. The van der Waals surface area contributed by atoms with Crippen LogP contribution in [0.15, 0.2) is 17.5 Å². The lowest BCUT2D eigenvalue weighted by Crippen LogP contribution is -3.17. The topological polar surface area (TPSA) is 27.2 Å². The van der Waals surface area contributed by atoms with Crippen molar-refractivity contribution in [3.63, 3.8) is 0 Å². The highest BCUT2D eigenvalue weighted by Crippen LogP contribution is 2.28. The standard InChI is InChI=1S/C18H26N4S2/c1-2-21-17(16-10-6-12-24-16)19-22(18(21)23)13-20-11-5-8-14-7-3-4-9-15(14)20/h6,10,12,14-15H,2-5,7-9,11,13H2,1H3/p+1/t14-,15+/m1/s1. The van der Waals surface area contributed by atoms with E-state index in [-0.39, 0.29) is 0 Å². The summed E-state index contributed by atoms with van der Waals surface area (Å²) in [5.74, 6) is 1.97. The first-order valence-corrected chi connectivity index (χ1v) is 10.6. The molecule has 2 aromatic rings. The third-order valence-electron chi connectivity index (χ3n) is 5.84. The minimum Gasteiger partial charge on any atom is -0.314 e. The Balaban J connectivity index is 1.61. The fourth-order valence-corrected chi connectivity index (χ4v) is 5.71. The molecule has 1 saturated carbocycles. The lowest BCUT2D eigenvalue weighted by Gasteiger charge is -2.40. The number of hydrogen-bond donors (Lipinski definition) is 1. The monoisotopic (exact) mass is 363 g/mol. The van der Waals surface area contributed by atoms with E-state index in [4.69, 9.17) is 17.3 Å². The van der Waals surface area contributed by atoms with Crippen LogP contribution in [-0.4, -0.2) is 26.9 Å². The summed E-state index contributed by atoms with van der Waals surface area (Å²) in [5, 5.41) is 7.03. The summed E-state index contributed by atoms with van der Waals surface area (Å²) in [7, 11) is 0. The molecule has 0 bridgehead atoms. The molecule has 1 aliphatic heterocycles. The van der Waals surface area contributed by atoms with E-state index in [9.17, 15) is 0 Å². The van der Waals surface area contributed by atoms with Gasteiger partial charge < -0.3 is 4.90 Å². The van der Waals surface area contributed by atoms with E-state index in [2.05, 4.69) is 33.7 Å². The molecule has 6 heteroatoms. The average Bonchev–Trinajstić information content (AvgIpc) is 3.24. The number of piperidine rings is 1. The van der Waals surface area contributed by atoms with Crippen molar-refractivity contribution < 1.29 is 4.90 Å². The SMILES string of the molecule is CCn1c(-c2cccs2)nn(C[NH+]2CCC[C@H]3CCCC[C@@H]32)c1=S. The van der Waals surface area contributed by atoms with Crippen molar-refractivity contribution >= 4 is 23.6 Å². The Morgan fingerprint density at radius 2 is 2.12 bits per heavy atom. The summed E-state index contributed by atoms with van der Waals surface area (Å²) in [6.07, 6.45) is 8.45. The van der Waals surface area contributed by atoms with Gasteiger partial charge in [-0.25, -0.2) is 0 Å². The molecule has 2 aliphatic rings. The maximum absolute atomic E-state index is 5.76. The van der Waals surface area contributed by atoms with Gasteiger partial charge in [-0.15, -0.1) is 16.4 Å². The first kappa shape index (κ1) is 16.5. The van der Waals surface area contributed by atoms with Gasteiger partial charge in [0.15, 0.2) is 12.5 Å². The van der Waals surface area contributed by atoms with Crippen molar-refractivity contribution in [3.05, 3.63) is 22.3 Å². The zero-order valence-corrected chi connectivity index (χ0v) is 16.0. The Morgan fingerprint density at radius 3 is 2.92 bits per heavy atom. The first-order valence-electron chi connectivity index (χ1n) is 9.34. The molecule has 2 fully saturated rings. The minimum absolute atomic E-state index is 0.825. The number of hydrogen-bond acceptors (Lipinski definition) is 3. The molecule has 1 N–H and O–H groups in total. The Bertz CT molecular complexity index is 729. The average molecular weight is 364 g/mol. The Hall–Kier alpha value is -0.980. The van der Waals surface area contributed by atoms with Crippen LogP contribution in [-0.2, 0) is 13.2 Å². The number of nitrogens with one attached hydrogen (secondary N) is 1. The normalized spacial score (nSPS) is 27.1. The third-order valence-corrected chi connectivity index (χ3v) is 7.14. The van der Waals surface area contributed by atoms with Gasteiger partial charge >= 0.3 is 0 Å².